The predicted octanol–water partition coefficient (Wildman–Crippen LogP) is 4.45. The topological polar surface area (TPSA) is 9.23 Å². The van der Waals surface area contributed by atoms with Crippen LogP contribution < -0.4 is 4.74 Å². The maximum atomic E-state index is 5.97. The van der Waals surface area contributed by atoms with Gasteiger partial charge in [0.2, 0.25) is 0 Å². The summed E-state index contributed by atoms with van der Waals surface area (Å²) in [6, 6.07) is 14.8. The summed E-state index contributed by atoms with van der Waals surface area (Å²) < 4.78 is 5.96. The second-order valence-corrected chi connectivity index (χ2v) is 5.42. The molecule has 1 aliphatic carbocycles. The first-order valence-corrected chi connectivity index (χ1v) is 7.17. The van der Waals surface area contributed by atoms with Gasteiger partial charge in [-0.1, -0.05) is 42.0 Å². The molecule has 2 aromatic rings. The molecular weight excluding hydrogens is 256 g/mol. The Kier molecular flexibility index (Phi) is 3.48. The Labute approximate surface area is 119 Å². The Morgan fingerprint density at radius 3 is 2.84 bits per heavy atom. The van der Waals surface area contributed by atoms with E-state index in [1.807, 2.05) is 6.07 Å². The Bertz CT molecular complexity index is 592. The van der Waals surface area contributed by atoms with E-state index in [2.05, 4.69) is 43.3 Å². The largest absolute Gasteiger partial charge is 0.493 e. The summed E-state index contributed by atoms with van der Waals surface area (Å²) in [5, 5.41) is 0. The number of ether oxygens (including phenoxy) is 1. The van der Waals surface area contributed by atoms with E-state index in [1.165, 1.54) is 16.7 Å². The average Bonchev–Trinajstić information content (AvgIpc) is 2.41. The van der Waals surface area contributed by atoms with Crippen LogP contribution in [0.2, 0.25) is 0 Å². The van der Waals surface area contributed by atoms with E-state index in [0.29, 0.717) is 11.8 Å². The molecule has 2 heteroatoms. The van der Waals surface area contributed by atoms with E-state index < -0.39 is 0 Å². The summed E-state index contributed by atoms with van der Waals surface area (Å²) in [6.45, 7) is 2.81. The molecule has 1 nitrogen and oxygen atoms in total. The van der Waals surface area contributed by atoms with Gasteiger partial charge in [0.25, 0.3) is 0 Å². The van der Waals surface area contributed by atoms with E-state index in [0.717, 1.165) is 24.3 Å². The summed E-state index contributed by atoms with van der Waals surface area (Å²) >= 11 is 5.97. The normalized spacial score (nSPS) is 16.6. The predicted molar refractivity (Wildman–Crippen MR) is 79.1 cm³/mol. The number of benzene rings is 2. The lowest BCUT2D eigenvalue weighted by molar-refractivity contribution is 0.273. The number of hydrogen-bond donors (Lipinski definition) is 0. The highest BCUT2D eigenvalue weighted by Gasteiger charge is 2.25. The molecule has 0 heterocycles. The fourth-order valence-corrected chi connectivity index (χ4v) is 2.86. The summed E-state index contributed by atoms with van der Waals surface area (Å²) in [5.41, 5.74) is 5.19. The summed E-state index contributed by atoms with van der Waals surface area (Å²) in [5.74, 6) is 1.95. The highest BCUT2D eigenvalue weighted by atomic mass is 35.5. The minimum atomic E-state index is 0.498. The first-order chi connectivity index (χ1) is 9.28. The third kappa shape index (κ3) is 2.48. The van der Waals surface area contributed by atoms with Crippen LogP contribution in [-0.4, -0.2) is 6.61 Å². The van der Waals surface area contributed by atoms with Gasteiger partial charge in [-0.25, -0.2) is 0 Å². The van der Waals surface area contributed by atoms with Crippen LogP contribution in [0.5, 0.6) is 5.75 Å². The zero-order valence-corrected chi connectivity index (χ0v) is 11.8. The van der Waals surface area contributed by atoms with Gasteiger partial charge in [-0.3, -0.25) is 0 Å². The van der Waals surface area contributed by atoms with Gasteiger partial charge in [0.15, 0.2) is 0 Å². The van der Waals surface area contributed by atoms with Crippen molar-refractivity contribution in [3.8, 4) is 5.75 Å². The lowest BCUT2D eigenvalue weighted by Crippen LogP contribution is -2.23. The van der Waals surface area contributed by atoms with Gasteiger partial charge in [-0.05, 0) is 30.5 Å². The highest BCUT2D eigenvalue weighted by Crippen LogP contribution is 2.35. The molecule has 3 rings (SSSR count). The molecule has 1 aliphatic rings. The van der Waals surface area contributed by atoms with E-state index in [1.54, 1.807) is 0 Å². The van der Waals surface area contributed by atoms with Crippen LogP contribution >= 0.6 is 11.6 Å². The van der Waals surface area contributed by atoms with Crippen LogP contribution in [-0.2, 0) is 12.3 Å². The van der Waals surface area contributed by atoms with Crippen molar-refractivity contribution in [1.29, 1.82) is 0 Å². The van der Waals surface area contributed by atoms with E-state index in [4.69, 9.17) is 16.3 Å². The second-order valence-electron chi connectivity index (χ2n) is 5.16. The van der Waals surface area contributed by atoms with Crippen molar-refractivity contribution in [3.63, 3.8) is 0 Å². The SMILES string of the molecule is Cc1ccc(OCC2Cc3ccccc32)c(CCl)c1. The van der Waals surface area contributed by atoms with Gasteiger partial charge < -0.3 is 4.74 Å². The third-order valence-electron chi connectivity index (χ3n) is 3.76. The van der Waals surface area contributed by atoms with Crippen LogP contribution in [0.1, 0.15) is 28.2 Å². The Morgan fingerprint density at radius 2 is 2.05 bits per heavy atom. The molecule has 0 spiro atoms. The van der Waals surface area contributed by atoms with Gasteiger partial charge in [-0.15, -0.1) is 11.6 Å². The number of hydrogen-bond acceptors (Lipinski definition) is 1. The maximum absolute atomic E-state index is 5.97. The minimum absolute atomic E-state index is 0.498. The summed E-state index contributed by atoms with van der Waals surface area (Å²) in [6.07, 6.45) is 1.12. The van der Waals surface area contributed by atoms with Crippen molar-refractivity contribution in [3.05, 3.63) is 64.7 Å². The van der Waals surface area contributed by atoms with Crippen LogP contribution in [0.25, 0.3) is 0 Å². The summed E-state index contributed by atoms with van der Waals surface area (Å²) in [4.78, 5) is 0. The molecule has 1 atom stereocenters. The van der Waals surface area contributed by atoms with E-state index in [9.17, 15) is 0 Å². The fourth-order valence-electron chi connectivity index (χ4n) is 2.66. The fraction of sp³-hybridized carbons (Fsp3) is 0.294. The van der Waals surface area contributed by atoms with Crippen LogP contribution in [0.15, 0.2) is 42.5 Å². The van der Waals surface area contributed by atoms with Gasteiger partial charge in [0.05, 0.1) is 12.5 Å². The molecule has 0 amide bonds. The second kappa shape index (κ2) is 5.26. The molecule has 0 aliphatic heterocycles. The van der Waals surface area contributed by atoms with Crippen molar-refractivity contribution < 1.29 is 4.74 Å². The molecule has 0 bridgehead atoms. The maximum Gasteiger partial charge on any atom is 0.123 e. The van der Waals surface area contributed by atoms with Crippen molar-refractivity contribution in [2.75, 3.05) is 6.61 Å². The number of rotatable bonds is 4. The Hall–Kier alpha value is -1.47. The smallest absolute Gasteiger partial charge is 0.123 e. The zero-order valence-electron chi connectivity index (χ0n) is 11.0. The number of fused-ring (bicyclic) bond motifs is 1. The quantitative estimate of drug-likeness (QED) is 0.747. The Morgan fingerprint density at radius 1 is 1.21 bits per heavy atom. The molecule has 98 valence electrons. The van der Waals surface area contributed by atoms with Gasteiger partial charge >= 0.3 is 0 Å². The number of alkyl halides is 1. The lowest BCUT2D eigenvalue weighted by atomic mass is 9.78. The molecule has 0 radical (unpaired) electrons. The average molecular weight is 273 g/mol. The molecule has 2 aromatic carbocycles. The molecule has 0 fully saturated rings. The summed E-state index contributed by atoms with van der Waals surface area (Å²) in [7, 11) is 0. The van der Waals surface area contributed by atoms with Crippen LogP contribution in [0.4, 0.5) is 0 Å². The van der Waals surface area contributed by atoms with Crippen LogP contribution in [0, 0.1) is 6.92 Å². The van der Waals surface area contributed by atoms with Crippen molar-refractivity contribution in [2.24, 2.45) is 0 Å². The van der Waals surface area contributed by atoms with E-state index in [-0.39, 0.29) is 0 Å². The molecule has 0 saturated heterocycles. The number of halogens is 1. The molecule has 1 unspecified atom stereocenters. The molecule has 19 heavy (non-hydrogen) atoms. The van der Waals surface area contributed by atoms with Crippen molar-refractivity contribution >= 4 is 11.6 Å². The molecular formula is C17H17ClO. The first-order valence-electron chi connectivity index (χ1n) is 6.64. The van der Waals surface area contributed by atoms with Gasteiger partial charge in [0, 0.05) is 11.5 Å². The monoisotopic (exact) mass is 272 g/mol. The first kappa shape index (κ1) is 12.6. The highest BCUT2D eigenvalue weighted by molar-refractivity contribution is 6.17. The number of aryl methyl sites for hydroxylation is 1. The molecule has 0 aromatic heterocycles. The zero-order chi connectivity index (χ0) is 13.2. The third-order valence-corrected chi connectivity index (χ3v) is 4.05. The van der Waals surface area contributed by atoms with E-state index >= 15 is 0 Å². The Balaban J connectivity index is 1.68. The molecule has 0 saturated carbocycles. The molecule has 0 N–H and O–H groups in total. The lowest BCUT2D eigenvalue weighted by Gasteiger charge is -2.30. The van der Waals surface area contributed by atoms with Crippen molar-refractivity contribution in [2.45, 2.75) is 25.1 Å². The van der Waals surface area contributed by atoms with Gasteiger partial charge in [0.1, 0.15) is 5.75 Å². The van der Waals surface area contributed by atoms with Crippen LogP contribution in [0.3, 0.4) is 0 Å². The standard InChI is InChI=1S/C17H17ClO/c1-12-6-7-17(14(8-12)10-18)19-11-15-9-13-4-2-3-5-16(13)15/h2-8,15H,9-11H2,1H3. The minimum Gasteiger partial charge on any atom is -0.493 e. The van der Waals surface area contributed by atoms with Crippen molar-refractivity contribution in [1.82, 2.24) is 0 Å². The van der Waals surface area contributed by atoms with Gasteiger partial charge in [-0.2, -0.15) is 0 Å².